The average molecular weight is 553 g/mol. The minimum atomic E-state index is -0.399. The summed E-state index contributed by atoms with van der Waals surface area (Å²) in [5.74, 6) is 1.37. The van der Waals surface area contributed by atoms with Gasteiger partial charge in [0.2, 0.25) is 0 Å². The third kappa shape index (κ3) is 9.38. The van der Waals surface area contributed by atoms with Crippen molar-refractivity contribution < 1.29 is 19.1 Å². The largest absolute Gasteiger partial charge is 0.450 e. The number of amides is 2. The Hall–Kier alpha value is -1.30. The minimum absolute atomic E-state index is 0. The van der Waals surface area contributed by atoms with Crippen molar-refractivity contribution in [3.8, 4) is 0 Å². The van der Waals surface area contributed by atoms with Crippen LogP contribution in [0.25, 0.3) is 0 Å². The molecule has 2 atom stereocenters. The van der Waals surface area contributed by atoms with Gasteiger partial charge in [0, 0.05) is 39.3 Å². The number of carbonyl (C=O) groups is 2. The smallest absolute Gasteiger partial charge is 0.407 e. The average Bonchev–Trinajstić information content (AvgIpc) is 3.25. The van der Waals surface area contributed by atoms with E-state index in [0.29, 0.717) is 38.8 Å². The van der Waals surface area contributed by atoms with Gasteiger partial charge in [0.05, 0.1) is 19.2 Å². The molecule has 2 aliphatic rings. The zero-order valence-electron chi connectivity index (χ0n) is 19.4. The van der Waals surface area contributed by atoms with Crippen molar-refractivity contribution in [2.24, 2.45) is 10.9 Å². The summed E-state index contributed by atoms with van der Waals surface area (Å²) in [6.07, 6.45) is 1.96. The molecule has 2 unspecified atom stereocenters. The molecule has 9 nitrogen and oxygen atoms in total. The lowest BCUT2D eigenvalue weighted by Crippen LogP contribution is -2.55. The molecular formula is C21H40IN5O4. The zero-order valence-corrected chi connectivity index (χ0v) is 21.7. The number of nitrogens with one attached hydrogen (secondary N) is 2. The van der Waals surface area contributed by atoms with E-state index in [1.807, 2.05) is 11.8 Å². The van der Waals surface area contributed by atoms with Gasteiger partial charge in [0.1, 0.15) is 6.10 Å². The van der Waals surface area contributed by atoms with Crippen LogP contribution < -0.4 is 10.6 Å². The van der Waals surface area contributed by atoms with Crippen molar-refractivity contribution >= 4 is 41.9 Å². The molecule has 2 heterocycles. The second-order valence-electron chi connectivity index (χ2n) is 8.20. The van der Waals surface area contributed by atoms with Gasteiger partial charge in [-0.15, -0.1) is 24.0 Å². The summed E-state index contributed by atoms with van der Waals surface area (Å²) in [6.45, 7) is 13.1. The molecule has 2 saturated heterocycles. The summed E-state index contributed by atoms with van der Waals surface area (Å²) in [5.41, 5.74) is 0. The molecule has 2 N–H and O–H groups in total. The molecule has 2 aliphatic heterocycles. The third-order valence-electron chi connectivity index (χ3n) is 5.25. The monoisotopic (exact) mass is 553 g/mol. The molecule has 0 aliphatic carbocycles. The summed E-state index contributed by atoms with van der Waals surface area (Å²) < 4.78 is 10.6. The number of hydrogen-bond donors (Lipinski definition) is 2. The van der Waals surface area contributed by atoms with Crippen LogP contribution in [0, 0.1) is 5.92 Å². The molecule has 2 amide bonds. The highest BCUT2D eigenvalue weighted by atomic mass is 127. The summed E-state index contributed by atoms with van der Waals surface area (Å²) >= 11 is 0. The Morgan fingerprint density at radius 1 is 1.16 bits per heavy atom. The predicted molar refractivity (Wildman–Crippen MR) is 132 cm³/mol. The van der Waals surface area contributed by atoms with Gasteiger partial charge in [-0.05, 0) is 39.0 Å². The molecule has 2 rings (SSSR count). The Morgan fingerprint density at radius 2 is 1.84 bits per heavy atom. The van der Waals surface area contributed by atoms with E-state index in [2.05, 4.69) is 29.4 Å². The lowest BCUT2D eigenvalue weighted by molar-refractivity contribution is -0.142. The minimum Gasteiger partial charge on any atom is -0.450 e. The van der Waals surface area contributed by atoms with E-state index in [1.165, 1.54) is 0 Å². The molecule has 0 aromatic carbocycles. The standard InChI is InChI=1S/C21H39N5O4.HI/c1-5-22-20(23-15-17(14-16(3)4)24-21(28)29-6-2)26-11-9-25(10-12-26)19(27)18-8-7-13-30-18;/h16-18H,5-15H2,1-4H3,(H,22,23)(H,24,28);1H. The number of ether oxygens (including phenoxy) is 2. The summed E-state index contributed by atoms with van der Waals surface area (Å²) in [6, 6.07) is -0.0833. The fourth-order valence-corrected chi connectivity index (χ4v) is 3.82. The van der Waals surface area contributed by atoms with E-state index in [4.69, 9.17) is 14.5 Å². The van der Waals surface area contributed by atoms with Gasteiger partial charge in [-0.25, -0.2) is 4.79 Å². The van der Waals surface area contributed by atoms with Gasteiger partial charge in [-0.2, -0.15) is 0 Å². The first-order valence-corrected chi connectivity index (χ1v) is 11.3. The Morgan fingerprint density at radius 3 is 2.39 bits per heavy atom. The molecule has 0 bridgehead atoms. The van der Waals surface area contributed by atoms with Crippen molar-refractivity contribution in [2.75, 3.05) is 52.5 Å². The first-order chi connectivity index (χ1) is 14.4. The van der Waals surface area contributed by atoms with Crippen LogP contribution in [0.5, 0.6) is 0 Å². The first-order valence-electron chi connectivity index (χ1n) is 11.3. The molecular weight excluding hydrogens is 513 g/mol. The molecule has 0 aromatic rings. The lowest BCUT2D eigenvalue weighted by Gasteiger charge is -2.37. The van der Waals surface area contributed by atoms with Gasteiger partial charge in [0.15, 0.2) is 5.96 Å². The van der Waals surface area contributed by atoms with E-state index in [-0.39, 0.29) is 42.0 Å². The molecule has 0 saturated carbocycles. The topological polar surface area (TPSA) is 95.5 Å². The van der Waals surface area contributed by atoms with Gasteiger partial charge in [-0.3, -0.25) is 9.79 Å². The van der Waals surface area contributed by atoms with E-state index >= 15 is 0 Å². The number of aliphatic imine (C=N–C) groups is 1. The van der Waals surface area contributed by atoms with Crippen molar-refractivity contribution in [3.05, 3.63) is 0 Å². The number of guanidine groups is 1. The third-order valence-corrected chi connectivity index (χ3v) is 5.25. The van der Waals surface area contributed by atoms with Crippen LogP contribution in [-0.2, 0) is 14.3 Å². The van der Waals surface area contributed by atoms with Crippen molar-refractivity contribution in [3.63, 3.8) is 0 Å². The highest BCUT2D eigenvalue weighted by Crippen LogP contribution is 2.16. The van der Waals surface area contributed by atoms with E-state index < -0.39 is 6.09 Å². The molecule has 0 radical (unpaired) electrons. The maximum absolute atomic E-state index is 12.6. The van der Waals surface area contributed by atoms with E-state index in [0.717, 1.165) is 44.9 Å². The quantitative estimate of drug-likeness (QED) is 0.272. The predicted octanol–water partition coefficient (Wildman–Crippen LogP) is 2.05. The van der Waals surface area contributed by atoms with Crippen LogP contribution in [-0.4, -0.2) is 92.4 Å². The highest BCUT2D eigenvalue weighted by Gasteiger charge is 2.31. The summed E-state index contributed by atoms with van der Waals surface area (Å²) in [4.78, 5) is 33.3. The van der Waals surface area contributed by atoms with E-state index in [1.54, 1.807) is 6.92 Å². The Kier molecular flexibility index (Phi) is 13.2. The van der Waals surface area contributed by atoms with Crippen molar-refractivity contribution in [1.29, 1.82) is 0 Å². The maximum Gasteiger partial charge on any atom is 0.407 e. The fraction of sp³-hybridized carbons (Fsp3) is 0.857. The summed E-state index contributed by atoms with van der Waals surface area (Å²) in [5, 5.41) is 6.26. The number of piperazine rings is 1. The number of rotatable bonds is 8. The number of halogens is 1. The number of hydrogen-bond acceptors (Lipinski definition) is 5. The van der Waals surface area contributed by atoms with Crippen LogP contribution in [0.3, 0.4) is 0 Å². The van der Waals surface area contributed by atoms with Crippen LogP contribution in [0.2, 0.25) is 0 Å². The SMILES string of the molecule is CCNC(=NCC(CC(C)C)NC(=O)OCC)N1CCN(C(=O)C2CCCO2)CC1.I. The summed E-state index contributed by atoms with van der Waals surface area (Å²) in [7, 11) is 0. The maximum atomic E-state index is 12.6. The molecule has 0 spiro atoms. The Labute approximate surface area is 203 Å². The molecule has 0 aromatic heterocycles. The second-order valence-corrected chi connectivity index (χ2v) is 8.20. The van der Waals surface area contributed by atoms with Crippen molar-refractivity contribution in [1.82, 2.24) is 20.4 Å². The number of carbonyl (C=O) groups excluding carboxylic acids is 2. The van der Waals surface area contributed by atoms with Crippen molar-refractivity contribution in [2.45, 2.75) is 59.1 Å². The van der Waals surface area contributed by atoms with Gasteiger partial charge in [-0.1, -0.05) is 13.8 Å². The van der Waals surface area contributed by atoms with Gasteiger partial charge in [0.25, 0.3) is 5.91 Å². The van der Waals surface area contributed by atoms with Crippen LogP contribution in [0.4, 0.5) is 4.79 Å². The highest BCUT2D eigenvalue weighted by molar-refractivity contribution is 14.0. The molecule has 10 heteroatoms. The lowest BCUT2D eigenvalue weighted by atomic mass is 10.0. The molecule has 2 fully saturated rings. The molecule has 31 heavy (non-hydrogen) atoms. The van der Waals surface area contributed by atoms with Crippen LogP contribution >= 0.6 is 24.0 Å². The van der Waals surface area contributed by atoms with E-state index in [9.17, 15) is 9.59 Å². The first kappa shape index (κ1) is 27.7. The number of alkyl carbamates (subject to hydrolysis) is 1. The normalized spacial score (nSPS) is 20.3. The molecule has 180 valence electrons. The number of nitrogens with zero attached hydrogens (tertiary/aromatic N) is 3. The second kappa shape index (κ2) is 14.7. The zero-order chi connectivity index (χ0) is 21.9. The van der Waals surface area contributed by atoms with Crippen LogP contribution in [0.1, 0.15) is 47.0 Å². The van der Waals surface area contributed by atoms with Gasteiger partial charge >= 0.3 is 6.09 Å². The fourth-order valence-electron chi connectivity index (χ4n) is 3.82. The van der Waals surface area contributed by atoms with Crippen LogP contribution in [0.15, 0.2) is 4.99 Å². The Balaban J connectivity index is 0.00000480. The van der Waals surface area contributed by atoms with Gasteiger partial charge < -0.3 is 29.9 Å². The Bertz CT molecular complexity index is 576.